The Morgan fingerprint density at radius 3 is 2.58 bits per heavy atom. The molecular formula is C17H19N3O3S. The van der Waals surface area contributed by atoms with E-state index in [4.69, 9.17) is 13.9 Å². The third-order valence-corrected chi connectivity index (χ3v) is 4.84. The number of thioether (sulfide) groups is 1. The predicted octanol–water partition coefficient (Wildman–Crippen LogP) is 3.69. The van der Waals surface area contributed by atoms with Crippen LogP contribution in [-0.2, 0) is 12.8 Å². The number of rotatable bonds is 6. The first-order valence-corrected chi connectivity index (χ1v) is 8.40. The van der Waals surface area contributed by atoms with Crippen molar-refractivity contribution in [2.45, 2.75) is 17.8 Å². The molecule has 0 spiro atoms. The molecule has 0 aliphatic heterocycles. The van der Waals surface area contributed by atoms with Gasteiger partial charge in [0.05, 0.1) is 20.5 Å². The molecule has 24 heavy (non-hydrogen) atoms. The number of furan rings is 1. The monoisotopic (exact) mass is 345 g/mol. The van der Waals surface area contributed by atoms with Gasteiger partial charge in [0.25, 0.3) is 0 Å². The van der Waals surface area contributed by atoms with E-state index in [0.29, 0.717) is 11.6 Å². The molecule has 0 radical (unpaired) electrons. The number of nitrogens with zero attached hydrogens (tertiary/aromatic N) is 3. The van der Waals surface area contributed by atoms with Crippen molar-refractivity contribution in [3.8, 4) is 23.1 Å². The van der Waals surface area contributed by atoms with Gasteiger partial charge in [0.1, 0.15) is 0 Å². The first-order chi connectivity index (χ1) is 11.6. The van der Waals surface area contributed by atoms with Crippen LogP contribution in [0.25, 0.3) is 11.6 Å². The highest BCUT2D eigenvalue weighted by molar-refractivity contribution is 7.98. The molecule has 2 aromatic heterocycles. The summed E-state index contributed by atoms with van der Waals surface area (Å²) in [5.74, 6) is 3.65. The van der Waals surface area contributed by atoms with Crippen LogP contribution in [0.5, 0.6) is 11.5 Å². The van der Waals surface area contributed by atoms with Crippen LogP contribution in [0.1, 0.15) is 11.1 Å². The fraction of sp³-hybridized carbons (Fsp3) is 0.294. The molecular weight excluding hydrogens is 326 g/mol. The molecule has 0 saturated carbocycles. The lowest BCUT2D eigenvalue weighted by molar-refractivity contribution is 0.354. The summed E-state index contributed by atoms with van der Waals surface area (Å²) in [6.45, 7) is 2.06. The SMILES string of the molecule is COc1cc(C)c(CSc2nnc(-c3ccco3)n2C)cc1OC. The van der Waals surface area contributed by atoms with Crippen LogP contribution in [0.4, 0.5) is 0 Å². The van der Waals surface area contributed by atoms with Crippen LogP contribution in [-0.4, -0.2) is 29.0 Å². The third kappa shape index (κ3) is 3.12. The van der Waals surface area contributed by atoms with Crippen molar-refractivity contribution in [3.05, 3.63) is 41.7 Å². The van der Waals surface area contributed by atoms with Crippen LogP contribution in [0.3, 0.4) is 0 Å². The minimum Gasteiger partial charge on any atom is -0.493 e. The number of benzene rings is 1. The molecule has 1 aromatic carbocycles. The molecule has 6 nitrogen and oxygen atoms in total. The van der Waals surface area contributed by atoms with Crippen molar-refractivity contribution < 1.29 is 13.9 Å². The lowest BCUT2D eigenvalue weighted by Gasteiger charge is -2.12. The molecule has 0 N–H and O–H groups in total. The highest BCUT2D eigenvalue weighted by Crippen LogP contribution is 2.33. The Balaban J connectivity index is 1.79. The molecule has 126 valence electrons. The van der Waals surface area contributed by atoms with Crippen LogP contribution in [0.15, 0.2) is 40.1 Å². The minimum atomic E-state index is 0.708. The highest BCUT2D eigenvalue weighted by atomic mass is 32.2. The molecule has 3 rings (SSSR count). The van der Waals surface area contributed by atoms with E-state index >= 15 is 0 Å². The number of aryl methyl sites for hydroxylation is 1. The molecule has 0 bridgehead atoms. The van der Waals surface area contributed by atoms with Gasteiger partial charge in [-0.25, -0.2) is 0 Å². The second-order valence-electron chi connectivity index (χ2n) is 5.26. The van der Waals surface area contributed by atoms with Gasteiger partial charge in [0, 0.05) is 12.8 Å². The summed E-state index contributed by atoms with van der Waals surface area (Å²) in [4.78, 5) is 0. The van der Waals surface area contributed by atoms with Crippen molar-refractivity contribution in [1.29, 1.82) is 0 Å². The fourth-order valence-electron chi connectivity index (χ4n) is 2.38. The van der Waals surface area contributed by atoms with Gasteiger partial charge in [0.2, 0.25) is 0 Å². The molecule has 0 atom stereocenters. The smallest absolute Gasteiger partial charge is 0.200 e. The van der Waals surface area contributed by atoms with Gasteiger partial charge in [-0.1, -0.05) is 11.8 Å². The largest absolute Gasteiger partial charge is 0.493 e. The summed E-state index contributed by atoms with van der Waals surface area (Å²) < 4.78 is 18.0. The number of aromatic nitrogens is 3. The van der Waals surface area contributed by atoms with Gasteiger partial charge < -0.3 is 18.5 Å². The van der Waals surface area contributed by atoms with Crippen LogP contribution in [0, 0.1) is 6.92 Å². The van der Waals surface area contributed by atoms with Gasteiger partial charge in [-0.15, -0.1) is 10.2 Å². The Morgan fingerprint density at radius 2 is 1.92 bits per heavy atom. The first kappa shape index (κ1) is 16.4. The molecule has 0 saturated heterocycles. The maximum atomic E-state index is 5.39. The Kier molecular flexibility index (Phi) is 4.80. The normalized spacial score (nSPS) is 10.8. The quantitative estimate of drug-likeness (QED) is 0.635. The molecule has 0 fully saturated rings. The summed E-state index contributed by atoms with van der Waals surface area (Å²) in [5.41, 5.74) is 2.31. The van der Waals surface area contributed by atoms with Gasteiger partial charge in [0.15, 0.2) is 28.2 Å². The first-order valence-electron chi connectivity index (χ1n) is 7.41. The Hall–Kier alpha value is -2.41. The van der Waals surface area contributed by atoms with E-state index < -0.39 is 0 Å². The van der Waals surface area contributed by atoms with E-state index in [0.717, 1.165) is 28.0 Å². The Bertz CT molecular complexity index is 828. The zero-order valence-electron chi connectivity index (χ0n) is 14.1. The van der Waals surface area contributed by atoms with Crippen molar-refractivity contribution in [1.82, 2.24) is 14.8 Å². The maximum absolute atomic E-state index is 5.39. The van der Waals surface area contributed by atoms with E-state index in [1.807, 2.05) is 35.9 Å². The van der Waals surface area contributed by atoms with Crippen LogP contribution < -0.4 is 9.47 Å². The molecule has 0 aliphatic rings. The Morgan fingerprint density at radius 1 is 1.17 bits per heavy atom. The minimum absolute atomic E-state index is 0.708. The zero-order valence-corrected chi connectivity index (χ0v) is 14.9. The van der Waals surface area contributed by atoms with E-state index in [1.165, 1.54) is 5.56 Å². The summed E-state index contributed by atoms with van der Waals surface area (Å²) >= 11 is 1.62. The molecule has 7 heteroatoms. The van der Waals surface area contributed by atoms with Gasteiger partial charge in [-0.05, 0) is 42.3 Å². The van der Waals surface area contributed by atoms with Crippen molar-refractivity contribution in [2.75, 3.05) is 14.2 Å². The second kappa shape index (κ2) is 7.00. The predicted molar refractivity (Wildman–Crippen MR) is 92.5 cm³/mol. The van der Waals surface area contributed by atoms with E-state index in [9.17, 15) is 0 Å². The average molecular weight is 345 g/mol. The fourth-order valence-corrected chi connectivity index (χ4v) is 3.36. The molecule has 2 heterocycles. The average Bonchev–Trinajstić information content (AvgIpc) is 3.23. The summed E-state index contributed by atoms with van der Waals surface area (Å²) in [6, 6.07) is 7.70. The molecule has 0 unspecified atom stereocenters. The molecule has 3 aromatic rings. The number of hydrogen-bond donors (Lipinski definition) is 0. The van der Waals surface area contributed by atoms with Crippen molar-refractivity contribution in [3.63, 3.8) is 0 Å². The molecule has 0 aliphatic carbocycles. The standard InChI is InChI=1S/C17H19N3O3S/c1-11-8-14(21-3)15(22-4)9-12(11)10-24-17-19-18-16(20(17)2)13-6-5-7-23-13/h5-9H,10H2,1-4H3. The van der Waals surface area contributed by atoms with Crippen LogP contribution in [0.2, 0.25) is 0 Å². The second-order valence-corrected chi connectivity index (χ2v) is 6.21. The van der Waals surface area contributed by atoms with E-state index in [1.54, 1.807) is 32.2 Å². The van der Waals surface area contributed by atoms with E-state index in [2.05, 4.69) is 17.1 Å². The third-order valence-electron chi connectivity index (χ3n) is 3.78. The number of methoxy groups -OCH3 is 2. The maximum Gasteiger partial charge on any atom is 0.200 e. The summed E-state index contributed by atoms with van der Waals surface area (Å²) in [5, 5.41) is 9.29. The number of ether oxygens (including phenoxy) is 2. The lowest BCUT2D eigenvalue weighted by Crippen LogP contribution is -1.97. The van der Waals surface area contributed by atoms with Crippen LogP contribution >= 0.6 is 11.8 Å². The van der Waals surface area contributed by atoms with E-state index in [-0.39, 0.29) is 0 Å². The van der Waals surface area contributed by atoms with Gasteiger partial charge in [-0.2, -0.15) is 0 Å². The topological polar surface area (TPSA) is 62.3 Å². The van der Waals surface area contributed by atoms with Crippen molar-refractivity contribution >= 4 is 11.8 Å². The lowest BCUT2D eigenvalue weighted by atomic mass is 10.1. The van der Waals surface area contributed by atoms with Gasteiger partial charge >= 0.3 is 0 Å². The summed E-state index contributed by atoms with van der Waals surface area (Å²) in [6.07, 6.45) is 1.63. The summed E-state index contributed by atoms with van der Waals surface area (Å²) in [7, 11) is 5.21. The number of hydrogen-bond acceptors (Lipinski definition) is 6. The molecule has 0 amide bonds. The van der Waals surface area contributed by atoms with Crippen molar-refractivity contribution in [2.24, 2.45) is 7.05 Å². The van der Waals surface area contributed by atoms with Gasteiger partial charge in [-0.3, -0.25) is 0 Å². The Labute approximate surface area is 144 Å². The highest BCUT2D eigenvalue weighted by Gasteiger charge is 2.14. The zero-order chi connectivity index (χ0) is 17.1.